The Hall–Kier alpha value is -2.14. The minimum absolute atomic E-state index is 0.0196. The Morgan fingerprint density at radius 3 is 2.94 bits per heavy atom. The summed E-state index contributed by atoms with van der Waals surface area (Å²) >= 11 is 5.62. The van der Waals surface area contributed by atoms with Crippen molar-refractivity contribution in [2.45, 2.75) is 0 Å². The van der Waals surface area contributed by atoms with Gasteiger partial charge in [-0.25, -0.2) is 4.39 Å². The minimum atomic E-state index is -0.490. The van der Waals surface area contributed by atoms with Gasteiger partial charge in [0.2, 0.25) is 5.91 Å². The predicted octanol–water partition coefficient (Wildman–Crippen LogP) is 2.85. The van der Waals surface area contributed by atoms with Crippen LogP contribution in [-0.2, 0) is 4.79 Å². The molecule has 6 heteroatoms. The summed E-state index contributed by atoms with van der Waals surface area (Å²) in [5.41, 5.74) is 0.640. The number of nitrogens with one attached hydrogen (secondary N) is 2. The molecule has 2 rings (SSSR count). The molecule has 0 atom stereocenters. The first kappa shape index (κ1) is 12.3. The monoisotopic (exact) mass is 265 g/mol. The lowest BCUT2D eigenvalue weighted by atomic mass is 10.2. The topological polar surface area (TPSA) is 57.8 Å². The average Bonchev–Trinajstić information content (AvgIpc) is 2.83. The number of carbonyl (C=O) groups excluding carboxylic acids is 1. The lowest BCUT2D eigenvalue weighted by Crippen LogP contribution is -2.07. The summed E-state index contributed by atoms with van der Waals surface area (Å²) in [6.07, 6.45) is 4.39. The number of aromatic amines is 1. The number of hydrogen-bond donors (Lipinski definition) is 2. The summed E-state index contributed by atoms with van der Waals surface area (Å²) in [4.78, 5) is 11.5. The molecule has 0 saturated heterocycles. The Labute approximate surface area is 107 Å². The van der Waals surface area contributed by atoms with Crippen molar-refractivity contribution in [1.29, 1.82) is 0 Å². The molecule has 0 aliphatic rings. The SMILES string of the molecule is O=C(/C=C/c1ccc(F)c(Cl)c1)Nc1ccn[nH]1. The van der Waals surface area contributed by atoms with Crippen LogP contribution in [0.25, 0.3) is 6.08 Å². The number of aromatic nitrogens is 2. The average molecular weight is 266 g/mol. The second kappa shape index (κ2) is 5.46. The van der Waals surface area contributed by atoms with Crippen LogP contribution in [0.1, 0.15) is 5.56 Å². The fraction of sp³-hybridized carbons (Fsp3) is 0. The van der Waals surface area contributed by atoms with Crippen LogP contribution in [0.15, 0.2) is 36.5 Å². The van der Waals surface area contributed by atoms with Crippen LogP contribution >= 0.6 is 11.6 Å². The Morgan fingerprint density at radius 2 is 2.28 bits per heavy atom. The Balaban J connectivity index is 2.01. The number of carbonyl (C=O) groups is 1. The van der Waals surface area contributed by atoms with E-state index in [4.69, 9.17) is 11.6 Å². The number of rotatable bonds is 3. The molecule has 0 fully saturated rings. The van der Waals surface area contributed by atoms with E-state index in [1.165, 1.54) is 36.5 Å². The third kappa shape index (κ3) is 3.18. The van der Waals surface area contributed by atoms with Gasteiger partial charge in [0.25, 0.3) is 0 Å². The van der Waals surface area contributed by atoms with Crippen LogP contribution in [0.5, 0.6) is 0 Å². The van der Waals surface area contributed by atoms with E-state index in [2.05, 4.69) is 15.5 Å². The smallest absolute Gasteiger partial charge is 0.249 e. The maximum absolute atomic E-state index is 12.9. The summed E-state index contributed by atoms with van der Waals surface area (Å²) in [6.45, 7) is 0. The quantitative estimate of drug-likeness (QED) is 0.839. The van der Waals surface area contributed by atoms with Crippen molar-refractivity contribution >= 4 is 29.4 Å². The standard InChI is InChI=1S/C12H9ClFN3O/c13-9-7-8(1-3-10(9)14)2-4-12(18)16-11-5-6-15-17-11/h1-7H,(H2,15,16,17,18)/b4-2+. The van der Waals surface area contributed by atoms with Gasteiger partial charge in [0, 0.05) is 12.1 Å². The minimum Gasteiger partial charge on any atom is -0.307 e. The molecule has 2 aromatic rings. The van der Waals surface area contributed by atoms with Crippen molar-refractivity contribution in [2.24, 2.45) is 0 Å². The van der Waals surface area contributed by atoms with Gasteiger partial charge in [-0.05, 0) is 23.8 Å². The Morgan fingerprint density at radius 1 is 1.44 bits per heavy atom. The van der Waals surface area contributed by atoms with Crippen LogP contribution < -0.4 is 5.32 Å². The number of H-pyrrole nitrogens is 1. The Kier molecular flexibility index (Phi) is 3.74. The molecule has 1 aromatic heterocycles. The fourth-order valence-corrected chi connectivity index (χ4v) is 1.48. The number of halogens is 2. The van der Waals surface area contributed by atoms with Crippen LogP contribution in [0, 0.1) is 5.82 Å². The lowest BCUT2D eigenvalue weighted by molar-refractivity contribution is -0.111. The molecule has 0 spiro atoms. The summed E-state index contributed by atoms with van der Waals surface area (Å²) < 4.78 is 12.9. The van der Waals surface area contributed by atoms with E-state index in [0.717, 1.165) is 0 Å². The van der Waals surface area contributed by atoms with E-state index in [9.17, 15) is 9.18 Å². The summed E-state index contributed by atoms with van der Waals surface area (Å²) in [7, 11) is 0. The maximum atomic E-state index is 12.9. The van der Waals surface area contributed by atoms with Crippen LogP contribution in [0.4, 0.5) is 10.2 Å². The first-order valence-corrected chi connectivity index (χ1v) is 5.46. The number of nitrogens with zero attached hydrogens (tertiary/aromatic N) is 1. The summed E-state index contributed by atoms with van der Waals surface area (Å²) in [5.74, 6) is -0.308. The molecule has 0 aliphatic heterocycles. The molecule has 92 valence electrons. The third-order valence-corrected chi connectivity index (χ3v) is 2.42. The van der Waals surface area contributed by atoms with E-state index in [-0.39, 0.29) is 10.9 Å². The number of amides is 1. The zero-order valence-corrected chi connectivity index (χ0v) is 9.91. The summed E-state index contributed by atoms with van der Waals surface area (Å²) in [6, 6.07) is 5.84. The molecular weight excluding hydrogens is 257 g/mol. The van der Waals surface area contributed by atoms with Crippen molar-refractivity contribution in [3.05, 3.63) is 52.9 Å². The molecule has 1 aromatic carbocycles. The van der Waals surface area contributed by atoms with Gasteiger partial charge in [0.15, 0.2) is 0 Å². The van der Waals surface area contributed by atoms with Crippen molar-refractivity contribution in [3.63, 3.8) is 0 Å². The molecular formula is C12H9ClFN3O. The van der Waals surface area contributed by atoms with E-state index in [1.54, 1.807) is 6.07 Å². The van der Waals surface area contributed by atoms with Gasteiger partial charge in [-0.2, -0.15) is 5.10 Å². The molecule has 0 bridgehead atoms. The lowest BCUT2D eigenvalue weighted by Gasteiger charge is -1.98. The van der Waals surface area contributed by atoms with Gasteiger partial charge in [0.05, 0.1) is 11.2 Å². The first-order chi connectivity index (χ1) is 8.65. The van der Waals surface area contributed by atoms with Gasteiger partial charge in [0.1, 0.15) is 11.6 Å². The molecule has 0 saturated carbocycles. The van der Waals surface area contributed by atoms with Crippen molar-refractivity contribution < 1.29 is 9.18 Å². The molecule has 4 nitrogen and oxygen atoms in total. The molecule has 0 aliphatic carbocycles. The maximum Gasteiger partial charge on any atom is 0.249 e. The highest BCUT2D eigenvalue weighted by atomic mass is 35.5. The highest BCUT2D eigenvalue weighted by molar-refractivity contribution is 6.30. The number of benzene rings is 1. The van der Waals surface area contributed by atoms with Gasteiger partial charge >= 0.3 is 0 Å². The normalized spacial score (nSPS) is 10.8. The molecule has 1 heterocycles. The van der Waals surface area contributed by atoms with E-state index in [0.29, 0.717) is 11.4 Å². The van der Waals surface area contributed by atoms with E-state index < -0.39 is 5.82 Å². The largest absolute Gasteiger partial charge is 0.307 e. The van der Waals surface area contributed by atoms with Gasteiger partial charge < -0.3 is 5.32 Å². The second-order valence-corrected chi connectivity index (χ2v) is 3.87. The number of hydrogen-bond acceptors (Lipinski definition) is 2. The van der Waals surface area contributed by atoms with Crippen molar-refractivity contribution in [2.75, 3.05) is 5.32 Å². The van der Waals surface area contributed by atoms with Gasteiger partial charge in [-0.1, -0.05) is 17.7 Å². The van der Waals surface area contributed by atoms with E-state index >= 15 is 0 Å². The molecule has 1 amide bonds. The number of anilines is 1. The van der Waals surface area contributed by atoms with Crippen LogP contribution in [-0.4, -0.2) is 16.1 Å². The van der Waals surface area contributed by atoms with E-state index in [1.807, 2.05) is 0 Å². The van der Waals surface area contributed by atoms with Crippen LogP contribution in [0.3, 0.4) is 0 Å². The molecule has 0 radical (unpaired) electrons. The van der Waals surface area contributed by atoms with Crippen molar-refractivity contribution in [1.82, 2.24) is 10.2 Å². The fourth-order valence-electron chi connectivity index (χ4n) is 1.29. The second-order valence-electron chi connectivity index (χ2n) is 3.47. The summed E-state index contributed by atoms with van der Waals surface area (Å²) in [5, 5.41) is 8.88. The molecule has 0 unspecified atom stereocenters. The first-order valence-electron chi connectivity index (χ1n) is 5.08. The zero-order chi connectivity index (χ0) is 13.0. The molecule has 2 N–H and O–H groups in total. The van der Waals surface area contributed by atoms with Gasteiger partial charge in [-0.3, -0.25) is 9.89 Å². The highest BCUT2D eigenvalue weighted by Crippen LogP contribution is 2.16. The van der Waals surface area contributed by atoms with Crippen molar-refractivity contribution in [3.8, 4) is 0 Å². The molecule has 18 heavy (non-hydrogen) atoms. The third-order valence-electron chi connectivity index (χ3n) is 2.13. The van der Waals surface area contributed by atoms with Gasteiger partial charge in [-0.15, -0.1) is 0 Å². The predicted molar refractivity (Wildman–Crippen MR) is 67.7 cm³/mol. The zero-order valence-electron chi connectivity index (χ0n) is 9.15. The Bertz CT molecular complexity index is 581. The van der Waals surface area contributed by atoms with Crippen LogP contribution in [0.2, 0.25) is 5.02 Å². The highest BCUT2D eigenvalue weighted by Gasteiger charge is 2.00.